The van der Waals surface area contributed by atoms with Gasteiger partial charge in [-0.3, -0.25) is 0 Å². The summed E-state index contributed by atoms with van der Waals surface area (Å²) >= 11 is 0. The molecular formula is C16H16N2. The highest BCUT2D eigenvalue weighted by Gasteiger charge is 2.29. The zero-order valence-corrected chi connectivity index (χ0v) is 10.4. The number of hydrogen-bond acceptors (Lipinski definition) is 2. The summed E-state index contributed by atoms with van der Waals surface area (Å²) in [5, 5.41) is 4.51. The van der Waals surface area contributed by atoms with Gasteiger partial charge < -0.3 is 5.43 Å². The van der Waals surface area contributed by atoms with Crippen molar-refractivity contribution in [2.45, 2.75) is 13.0 Å². The van der Waals surface area contributed by atoms with E-state index in [1.54, 1.807) is 0 Å². The first-order chi connectivity index (χ1) is 8.86. The zero-order valence-electron chi connectivity index (χ0n) is 10.4. The zero-order chi connectivity index (χ0) is 12.4. The largest absolute Gasteiger partial charge is 0.302 e. The molecule has 1 aliphatic rings. The lowest BCUT2D eigenvalue weighted by molar-refractivity contribution is 0.525. The normalized spacial score (nSPS) is 22.4. The predicted molar refractivity (Wildman–Crippen MR) is 74.5 cm³/mol. The fourth-order valence-corrected chi connectivity index (χ4v) is 2.47. The topological polar surface area (TPSA) is 24.4 Å². The Morgan fingerprint density at radius 2 is 1.50 bits per heavy atom. The molecule has 1 heterocycles. The smallest absolute Gasteiger partial charge is 0.0771 e. The molecule has 0 saturated heterocycles. The van der Waals surface area contributed by atoms with Gasteiger partial charge in [-0.1, -0.05) is 67.6 Å². The molecule has 0 bridgehead atoms. The van der Waals surface area contributed by atoms with Crippen LogP contribution in [0.4, 0.5) is 0 Å². The Morgan fingerprint density at radius 1 is 0.889 bits per heavy atom. The fraction of sp³-hybridized carbons (Fsp3) is 0.188. The summed E-state index contributed by atoms with van der Waals surface area (Å²) in [6.45, 7) is 2.23. The first kappa shape index (κ1) is 11.0. The van der Waals surface area contributed by atoms with E-state index in [-0.39, 0.29) is 6.04 Å². The SMILES string of the molecule is CC1C(c2ccccc2)=NNC1c1ccccc1. The van der Waals surface area contributed by atoms with Gasteiger partial charge in [0.2, 0.25) is 0 Å². The Labute approximate surface area is 107 Å². The minimum absolute atomic E-state index is 0.279. The van der Waals surface area contributed by atoms with Crippen LogP contribution in [0.15, 0.2) is 65.8 Å². The van der Waals surface area contributed by atoms with E-state index in [2.05, 4.69) is 66.0 Å². The van der Waals surface area contributed by atoms with Crippen molar-refractivity contribution < 1.29 is 0 Å². The summed E-state index contributed by atoms with van der Waals surface area (Å²) in [6, 6.07) is 21.1. The average molecular weight is 236 g/mol. The van der Waals surface area contributed by atoms with Crippen molar-refractivity contribution in [1.29, 1.82) is 0 Å². The maximum absolute atomic E-state index is 4.51. The van der Waals surface area contributed by atoms with E-state index in [4.69, 9.17) is 0 Å². The van der Waals surface area contributed by atoms with Crippen molar-refractivity contribution in [2.24, 2.45) is 11.0 Å². The Morgan fingerprint density at radius 3 is 2.17 bits per heavy atom. The maximum atomic E-state index is 4.51. The molecule has 1 aliphatic heterocycles. The van der Waals surface area contributed by atoms with Gasteiger partial charge in [0.25, 0.3) is 0 Å². The molecule has 0 aromatic heterocycles. The van der Waals surface area contributed by atoms with Crippen LogP contribution >= 0.6 is 0 Å². The summed E-state index contributed by atoms with van der Waals surface area (Å²) in [6.07, 6.45) is 0. The maximum Gasteiger partial charge on any atom is 0.0771 e. The van der Waals surface area contributed by atoms with Crippen molar-refractivity contribution in [3.8, 4) is 0 Å². The lowest BCUT2D eigenvalue weighted by Crippen LogP contribution is -2.19. The van der Waals surface area contributed by atoms with Gasteiger partial charge in [-0.2, -0.15) is 5.10 Å². The summed E-state index contributed by atoms with van der Waals surface area (Å²) in [5.74, 6) is 0.384. The molecule has 2 atom stereocenters. The van der Waals surface area contributed by atoms with Gasteiger partial charge in [-0.25, -0.2) is 0 Å². The molecule has 0 aliphatic carbocycles. The minimum atomic E-state index is 0.279. The van der Waals surface area contributed by atoms with Gasteiger partial charge in [0.15, 0.2) is 0 Å². The molecule has 0 fully saturated rings. The molecule has 18 heavy (non-hydrogen) atoms. The molecule has 0 saturated carbocycles. The van der Waals surface area contributed by atoms with E-state index in [0.717, 1.165) is 5.71 Å². The number of hydrazone groups is 1. The van der Waals surface area contributed by atoms with E-state index in [0.29, 0.717) is 5.92 Å². The summed E-state index contributed by atoms with van der Waals surface area (Å²) in [4.78, 5) is 0. The van der Waals surface area contributed by atoms with Gasteiger partial charge >= 0.3 is 0 Å². The quantitative estimate of drug-likeness (QED) is 0.849. The predicted octanol–water partition coefficient (Wildman–Crippen LogP) is 3.37. The Bertz CT molecular complexity index is 546. The van der Waals surface area contributed by atoms with Gasteiger partial charge in [0.1, 0.15) is 0 Å². The Kier molecular flexibility index (Phi) is 2.85. The molecule has 90 valence electrons. The number of rotatable bonds is 2. The first-order valence-corrected chi connectivity index (χ1v) is 6.30. The number of nitrogens with one attached hydrogen (secondary N) is 1. The summed E-state index contributed by atoms with van der Waals surface area (Å²) < 4.78 is 0. The van der Waals surface area contributed by atoms with Crippen LogP contribution in [-0.2, 0) is 0 Å². The van der Waals surface area contributed by atoms with Crippen LogP contribution in [0.5, 0.6) is 0 Å². The minimum Gasteiger partial charge on any atom is -0.302 e. The summed E-state index contributed by atoms with van der Waals surface area (Å²) in [7, 11) is 0. The van der Waals surface area contributed by atoms with Crippen LogP contribution in [0.25, 0.3) is 0 Å². The van der Waals surface area contributed by atoms with Crippen LogP contribution < -0.4 is 5.43 Å². The monoisotopic (exact) mass is 236 g/mol. The van der Waals surface area contributed by atoms with Crippen molar-refractivity contribution in [2.75, 3.05) is 0 Å². The van der Waals surface area contributed by atoms with Gasteiger partial charge in [-0.05, 0) is 11.1 Å². The molecule has 0 amide bonds. The van der Waals surface area contributed by atoms with Crippen molar-refractivity contribution in [1.82, 2.24) is 5.43 Å². The van der Waals surface area contributed by atoms with Crippen LogP contribution in [0, 0.1) is 5.92 Å². The molecule has 2 aromatic rings. The van der Waals surface area contributed by atoms with E-state index in [9.17, 15) is 0 Å². The van der Waals surface area contributed by atoms with Gasteiger partial charge in [0.05, 0.1) is 11.8 Å². The third kappa shape index (κ3) is 1.90. The lowest BCUT2D eigenvalue weighted by atomic mass is 9.89. The number of nitrogens with zero attached hydrogens (tertiary/aromatic N) is 1. The van der Waals surface area contributed by atoms with Crippen LogP contribution in [0.1, 0.15) is 24.1 Å². The summed E-state index contributed by atoms with van der Waals surface area (Å²) in [5.41, 5.74) is 6.90. The number of benzene rings is 2. The van der Waals surface area contributed by atoms with Crippen molar-refractivity contribution >= 4 is 5.71 Å². The molecule has 0 radical (unpaired) electrons. The molecule has 2 heteroatoms. The molecule has 2 unspecified atom stereocenters. The molecule has 2 nitrogen and oxygen atoms in total. The Balaban J connectivity index is 1.87. The third-order valence-corrected chi connectivity index (χ3v) is 3.48. The molecule has 1 N–H and O–H groups in total. The second-order valence-electron chi connectivity index (χ2n) is 4.67. The van der Waals surface area contributed by atoms with Crippen LogP contribution in [0.3, 0.4) is 0 Å². The Hall–Kier alpha value is -2.09. The standard InChI is InChI=1S/C16H16N2/c1-12-15(13-8-4-2-5-9-13)17-18-16(12)14-10-6-3-7-11-14/h2-12,15,17H,1H3. The fourth-order valence-electron chi connectivity index (χ4n) is 2.47. The number of hydrogen-bond donors (Lipinski definition) is 1. The highest BCUT2D eigenvalue weighted by atomic mass is 15.3. The molecular weight excluding hydrogens is 220 g/mol. The highest BCUT2D eigenvalue weighted by molar-refractivity contribution is 6.03. The van der Waals surface area contributed by atoms with E-state index < -0.39 is 0 Å². The second-order valence-corrected chi connectivity index (χ2v) is 4.67. The molecule has 0 spiro atoms. The van der Waals surface area contributed by atoms with Gasteiger partial charge in [-0.15, -0.1) is 0 Å². The van der Waals surface area contributed by atoms with Crippen molar-refractivity contribution in [3.63, 3.8) is 0 Å². The van der Waals surface area contributed by atoms with E-state index >= 15 is 0 Å². The van der Waals surface area contributed by atoms with Crippen LogP contribution in [0.2, 0.25) is 0 Å². The average Bonchev–Trinajstić information content (AvgIpc) is 2.83. The van der Waals surface area contributed by atoms with Gasteiger partial charge in [0, 0.05) is 5.92 Å². The first-order valence-electron chi connectivity index (χ1n) is 6.30. The van der Waals surface area contributed by atoms with Crippen LogP contribution in [-0.4, -0.2) is 5.71 Å². The lowest BCUT2D eigenvalue weighted by Gasteiger charge is -2.16. The third-order valence-electron chi connectivity index (χ3n) is 3.48. The highest BCUT2D eigenvalue weighted by Crippen LogP contribution is 2.29. The van der Waals surface area contributed by atoms with E-state index in [1.165, 1.54) is 11.1 Å². The van der Waals surface area contributed by atoms with E-state index in [1.807, 2.05) is 12.1 Å². The van der Waals surface area contributed by atoms with Crippen molar-refractivity contribution in [3.05, 3.63) is 71.8 Å². The molecule has 2 aromatic carbocycles. The second kappa shape index (κ2) is 4.65. The molecule has 3 rings (SSSR count).